The largest absolute Gasteiger partial charge is 0.487 e. The van der Waals surface area contributed by atoms with Crippen molar-refractivity contribution < 1.29 is 36.2 Å². The lowest BCUT2D eigenvalue weighted by atomic mass is 10.1. The van der Waals surface area contributed by atoms with E-state index in [-0.39, 0.29) is 34.5 Å². The second-order valence-corrected chi connectivity index (χ2v) is 6.34. The van der Waals surface area contributed by atoms with Crippen LogP contribution in [0.2, 0.25) is 0 Å². The maximum atomic E-state index is 13.2. The van der Waals surface area contributed by atoms with Crippen molar-refractivity contribution in [2.45, 2.75) is 26.1 Å². The first kappa shape index (κ1) is 19.7. The highest BCUT2D eigenvalue weighted by Gasteiger charge is 2.29. The van der Waals surface area contributed by atoms with E-state index in [9.17, 15) is 22.4 Å². The normalized spacial score (nSPS) is 11.8. The number of hydrogen-bond acceptors (Lipinski definition) is 4. The average molecular weight is 396 g/mol. The summed E-state index contributed by atoms with van der Waals surface area (Å²) in [5.41, 5.74) is 0.774. The Hall–Kier alpha value is -3.03. The standard InChI is InChI=1S/C20H16F4O4/c1-11(2)27-18-7-14-15(9-25)19(12-3-5-13(21)6-4-12)28-16(14)8-17(18)26-10-20(22,23)24/h3-9,11H,10H2,1-2H3. The summed E-state index contributed by atoms with van der Waals surface area (Å²) in [6.45, 7) is 1.91. The fourth-order valence-corrected chi connectivity index (χ4v) is 2.67. The SMILES string of the molecule is CC(C)Oc1cc2c(C=O)c(-c3ccc(F)cc3)oc2cc1OCC(F)(F)F. The van der Waals surface area contributed by atoms with Crippen molar-refractivity contribution in [2.24, 2.45) is 0 Å². The Balaban J connectivity index is 2.14. The maximum Gasteiger partial charge on any atom is 0.422 e. The van der Waals surface area contributed by atoms with Crippen LogP contribution in [-0.2, 0) is 0 Å². The zero-order chi connectivity index (χ0) is 20.5. The number of furan rings is 1. The van der Waals surface area contributed by atoms with Crippen LogP contribution in [0.3, 0.4) is 0 Å². The van der Waals surface area contributed by atoms with Crippen LogP contribution in [-0.4, -0.2) is 25.2 Å². The lowest BCUT2D eigenvalue weighted by Crippen LogP contribution is -2.19. The molecule has 3 aromatic rings. The van der Waals surface area contributed by atoms with Crippen molar-refractivity contribution in [1.82, 2.24) is 0 Å². The summed E-state index contributed by atoms with van der Waals surface area (Å²) in [6.07, 6.45) is -4.30. The van der Waals surface area contributed by atoms with Gasteiger partial charge in [-0.3, -0.25) is 4.79 Å². The molecule has 0 radical (unpaired) electrons. The fourth-order valence-electron chi connectivity index (χ4n) is 2.67. The first-order valence-electron chi connectivity index (χ1n) is 8.36. The molecule has 0 saturated carbocycles. The molecule has 0 N–H and O–H groups in total. The summed E-state index contributed by atoms with van der Waals surface area (Å²) in [5, 5.41) is 0.351. The highest BCUT2D eigenvalue weighted by atomic mass is 19.4. The lowest BCUT2D eigenvalue weighted by Gasteiger charge is -2.16. The van der Waals surface area contributed by atoms with Crippen LogP contribution in [0.15, 0.2) is 40.8 Å². The molecule has 0 bridgehead atoms. The molecule has 1 heterocycles. The molecule has 2 aromatic carbocycles. The third kappa shape index (κ3) is 4.27. The van der Waals surface area contributed by atoms with Crippen LogP contribution in [0, 0.1) is 5.82 Å². The minimum atomic E-state index is -4.53. The molecule has 8 heteroatoms. The minimum absolute atomic E-state index is 0.0568. The highest BCUT2D eigenvalue weighted by Crippen LogP contribution is 2.40. The minimum Gasteiger partial charge on any atom is -0.487 e. The Morgan fingerprint density at radius 1 is 1.11 bits per heavy atom. The quantitative estimate of drug-likeness (QED) is 0.392. The van der Waals surface area contributed by atoms with Crippen LogP contribution < -0.4 is 9.47 Å². The zero-order valence-electron chi connectivity index (χ0n) is 15.0. The van der Waals surface area contributed by atoms with E-state index in [2.05, 4.69) is 0 Å². The van der Waals surface area contributed by atoms with Crippen molar-refractivity contribution in [2.75, 3.05) is 6.61 Å². The van der Waals surface area contributed by atoms with Crippen LogP contribution in [0.1, 0.15) is 24.2 Å². The van der Waals surface area contributed by atoms with Gasteiger partial charge >= 0.3 is 6.18 Å². The number of fused-ring (bicyclic) bond motifs is 1. The van der Waals surface area contributed by atoms with Crippen molar-refractivity contribution in [1.29, 1.82) is 0 Å². The molecule has 28 heavy (non-hydrogen) atoms. The first-order chi connectivity index (χ1) is 13.2. The second kappa shape index (κ2) is 7.53. The second-order valence-electron chi connectivity index (χ2n) is 6.34. The number of rotatable bonds is 6. The van der Waals surface area contributed by atoms with Gasteiger partial charge in [-0.05, 0) is 44.2 Å². The summed E-state index contributed by atoms with van der Waals surface area (Å²) in [5.74, 6) is -0.381. The van der Waals surface area contributed by atoms with Gasteiger partial charge in [-0.15, -0.1) is 0 Å². The van der Waals surface area contributed by atoms with E-state index in [1.165, 1.54) is 36.4 Å². The van der Waals surface area contributed by atoms with Crippen LogP contribution in [0.5, 0.6) is 11.5 Å². The third-order valence-electron chi connectivity index (χ3n) is 3.77. The lowest BCUT2D eigenvalue weighted by molar-refractivity contribution is -0.153. The molecule has 0 unspecified atom stereocenters. The van der Waals surface area contributed by atoms with E-state index in [1.54, 1.807) is 13.8 Å². The van der Waals surface area contributed by atoms with Crippen molar-refractivity contribution in [3.63, 3.8) is 0 Å². The summed E-state index contributed by atoms with van der Waals surface area (Å²) < 4.78 is 66.9. The Labute approximate surface area is 157 Å². The molecule has 0 aliphatic heterocycles. The van der Waals surface area contributed by atoms with E-state index in [0.29, 0.717) is 17.2 Å². The predicted molar refractivity (Wildman–Crippen MR) is 94.3 cm³/mol. The molecule has 0 spiro atoms. The van der Waals surface area contributed by atoms with Crippen LogP contribution in [0.25, 0.3) is 22.3 Å². The van der Waals surface area contributed by atoms with Crippen molar-refractivity contribution in [3.8, 4) is 22.8 Å². The topological polar surface area (TPSA) is 48.7 Å². The molecule has 0 aliphatic rings. The summed E-state index contributed by atoms with van der Waals surface area (Å²) in [6, 6.07) is 7.95. The van der Waals surface area contributed by atoms with Gasteiger partial charge in [0.2, 0.25) is 0 Å². The Bertz CT molecular complexity index is 988. The maximum absolute atomic E-state index is 13.2. The number of carbonyl (C=O) groups excluding carboxylic acids is 1. The molecule has 4 nitrogen and oxygen atoms in total. The number of ether oxygens (including phenoxy) is 2. The van der Waals surface area contributed by atoms with Gasteiger partial charge < -0.3 is 13.9 Å². The smallest absolute Gasteiger partial charge is 0.422 e. The molecule has 1 aromatic heterocycles. The molecule has 0 saturated heterocycles. The van der Waals surface area contributed by atoms with Gasteiger partial charge in [-0.1, -0.05) is 0 Å². The Morgan fingerprint density at radius 3 is 2.36 bits per heavy atom. The first-order valence-corrected chi connectivity index (χ1v) is 8.36. The monoisotopic (exact) mass is 396 g/mol. The number of benzene rings is 2. The molecule has 0 fully saturated rings. The number of carbonyl (C=O) groups is 1. The van der Waals surface area contributed by atoms with Crippen molar-refractivity contribution in [3.05, 3.63) is 47.8 Å². The number of alkyl halides is 3. The van der Waals surface area contributed by atoms with E-state index in [1.807, 2.05) is 0 Å². The molecular weight excluding hydrogens is 380 g/mol. The third-order valence-corrected chi connectivity index (χ3v) is 3.77. The molecule has 0 atom stereocenters. The number of hydrogen-bond donors (Lipinski definition) is 0. The molecule has 3 rings (SSSR count). The zero-order valence-corrected chi connectivity index (χ0v) is 15.0. The number of halogens is 4. The van der Waals surface area contributed by atoms with Gasteiger partial charge in [0.15, 0.2) is 24.4 Å². The van der Waals surface area contributed by atoms with E-state index in [0.717, 1.165) is 0 Å². The van der Waals surface area contributed by atoms with E-state index in [4.69, 9.17) is 13.9 Å². The van der Waals surface area contributed by atoms with Gasteiger partial charge in [0.1, 0.15) is 17.2 Å². The van der Waals surface area contributed by atoms with Gasteiger partial charge in [0.05, 0.1) is 11.7 Å². The molecular formula is C20H16F4O4. The highest BCUT2D eigenvalue weighted by molar-refractivity contribution is 6.03. The van der Waals surface area contributed by atoms with Crippen LogP contribution in [0.4, 0.5) is 17.6 Å². The fraction of sp³-hybridized carbons (Fsp3) is 0.250. The average Bonchev–Trinajstić information content (AvgIpc) is 2.96. The van der Waals surface area contributed by atoms with Crippen LogP contribution >= 0.6 is 0 Å². The van der Waals surface area contributed by atoms with Gasteiger partial charge in [-0.2, -0.15) is 13.2 Å². The Morgan fingerprint density at radius 2 is 1.79 bits per heavy atom. The van der Waals surface area contributed by atoms with E-state index < -0.39 is 18.6 Å². The summed E-state index contributed by atoms with van der Waals surface area (Å²) in [7, 11) is 0. The molecule has 0 aliphatic carbocycles. The van der Waals surface area contributed by atoms with Gasteiger partial charge in [0, 0.05) is 17.0 Å². The van der Waals surface area contributed by atoms with Gasteiger partial charge in [0.25, 0.3) is 0 Å². The van der Waals surface area contributed by atoms with Gasteiger partial charge in [-0.25, -0.2) is 4.39 Å². The molecule has 148 valence electrons. The molecule has 0 amide bonds. The predicted octanol–water partition coefficient (Wildman–Crippen LogP) is 5.78. The number of aldehydes is 1. The van der Waals surface area contributed by atoms with Crippen molar-refractivity contribution >= 4 is 17.3 Å². The summed E-state index contributed by atoms with van der Waals surface area (Å²) >= 11 is 0. The van der Waals surface area contributed by atoms with E-state index >= 15 is 0 Å². The summed E-state index contributed by atoms with van der Waals surface area (Å²) in [4.78, 5) is 11.7. The Kier molecular flexibility index (Phi) is 5.31.